The van der Waals surface area contributed by atoms with Crippen LogP contribution in [-0.4, -0.2) is 29.6 Å². The number of hydrogen-bond acceptors (Lipinski definition) is 2. The van der Waals surface area contributed by atoms with Crippen molar-refractivity contribution in [3.05, 3.63) is 0 Å². The molecular formula is C13H26N2. The van der Waals surface area contributed by atoms with Gasteiger partial charge in [-0.3, -0.25) is 4.90 Å². The first-order valence-corrected chi connectivity index (χ1v) is 6.59. The van der Waals surface area contributed by atoms with Crippen LogP contribution >= 0.6 is 0 Å². The van der Waals surface area contributed by atoms with Crippen molar-refractivity contribution in [2.75, 3.05) is 6.54 Å². The van der Waals surface area contributed by atoms with Gasteiger partial charge in [0.05, 0.1) is 0 Å². The van der Waals surface area contributed by atoms with Gasteiger partial charge in [0, 0.05) is 24.7 Å². The van der Waals surface area contributed by atoms with E-state index in [-0.39, 0.29) is 0 Å². The highest BCUT2D eigenvalue weighted by molar-refractivity contribution is 4.91. The molecule has 5 unspecified atom stereocenters. The number of hydrogen-bond donors (Lipinski definition) is 1. The second-order valence-corrected chi connectivity index (χ2v) is 5.98. The molecule has 2 fully saturated rings. The van der Waals surface area contributed by atoms with Gasteiger partial charge in [-0.1, -0.05) is 13.8 Å². The Bertz CT molecular complexity index is 217. The Kier molecular flexibility index (Phi) is 3.36. The molecule has 88 valence electrons. The molecule has 0 bridgehead atoms. The molecule has 0 aromatic heterocycles. The van der Waals surface area contributed by atoms with E-state index in [1.165, 1.54) is 32.2 Å². The maximum Gasteiger partial charge on any atom is 0.0114 e. The fourth-order valence-corrected chi connectivity index (χ4v) is 3.53. The largest absolute Gasteiger partial charge is 0.328 e. The minimum atomic E-state index is 0.467. The molecule has 2 N–H and O–H groups in total. The lowest BCUT2D eigenvalue weighted by atomic mass is 9.85. The van der Waals surface area contributed by atoms with Gasteiger partial charge in [-0.2, -0.15) is 0 Å². The maximum atomic E-state index is 6.02. The molecular weight excluding hydrogens is 184 g/mol. The number of nitrogens with zero attached hydrogens (tertiary/aromatic N) is 1. The molecule has 1 saturated carbocycles. The second kappa shape index (κ2) is 4.42. The van der Waals surface area contributed by atoms with E-state index in [2.05, 4.69) is 25.7 Å². The minimum Gasteiger partial charge on any atom is -0.328 e. The summed E-state index contributed by atoms with van der Waals surface area (Å²) in [6.45, 7) is 8.50. The van der Waals surface area contributed by atoms with Crippen LogP contribution in [0.25, 0.3) is 0 Å². The Hall–Kier alpha value is -0.0800. The molecule has 1 saturated heterocycles. The Morgan fingerprint density at radius 2 is 1.80 bits per heavy atom. The van der Waals surface area contributed by atoms with E-state index >= 15 is 0 Å². The number of rotatable bonds is 1. The van der Waals surface area contributed by atoms with Crippen molar-refractivity contribution in [2.24, 2.45) is 17.6 Å². The Labute approximate surface area is 94.2 Å². The standard InChI is InChI=1S/C13H26N2/c1-9-6-10(2)11(3)15(8-9)13-5-4-12(14)7-13/h9-13H,4-8,14H2,1-3H3. The van der Waals surface area contributed by atoms with Crippen molar-refractivity contribution in [2.45, 2.75) is 64.6 Å². The first-order valence-electron chi connectivity index (χ1n) is 6.59. The van der Waals surface area contributed by atoms with Gasteiger partial charge in [0.2, 0.25) is 0 Å². The number of nitrogens with two attached hydrogens (primary N) is 1. The lowest BCUT2D eigenvalue weighted by Crippen LogP contribution is -2.50. The lowest BCUT2D eigenvalue weighted by molar-refractivity contribution is 0.0420. The molecule has 0 aromatic carbocycles. The molecule has 2 rings (SSSR count). The fourth-order valence-electron chi connectivity index (χ4n) is 3.53. The molecule has 0 spiro atoms. The SMILES string of the molecule is CC1CC(C)C(C)N(C2CCC(N)C2)C1. The van der Waals surface area contributed by atoms with Crippen molar-refractivity contribution < 1.29 is 0 Å². The van der Waals surface area contributed by atoms with Gasteiger partial charge >= 0.3 is 0 Å². The van der Waals surface area contributed by atoms with E-state index in [4.69, 9.17) is 5.73 Å². The summed E-state index contributed by atoms with van der Waals surface area (Å²) in [5.41, 5.74) is 6.02. The highest BCUT2D eigenvalue weighted by Crippen LogP contribution is 2.33. The van der Waals surface area contributed by atoms with Gasteiger partial charge in [0.15, 0.2) is 0 Å². The smallest absolute Gasteiger partial charge is 0.0114 e. The monoisotopic (exact) mass is 210 g/mol. The molecule has 2 heteroatoms. The summed E-state index contributed by atoms with van der Waals surface area (Å²) in [4.78, 5) is 2.74. The van der Waals surface area contributed by atoms with Crippen molar-refractivity contribution in [1.82, 2.24) is 4.90 Å². The summed E-state index contributed by atoms with van der Waals surface area (Å²) < 4.78 is 0. The van der Waals surface area contributed by atoms with Gasteiger partial charge in [-0.25, -0.2) is 0 Å². The molecule has 2 nitrogen and oxygen atoms in total. The molecule has 5 atom stereocenters. The zero-order chi connectivity index (χ0) is 11.0. The lowest BCUT2D eigenvalue weighted by Gasteiger charge is -2.44. The van der Waals surface area contributed by atoms with E-state index in [0.717, 1.165) is 23.9 Å². The van der Waals surface area contributed by atoms with Gasteiger partial charge in [-0.15, -0.1) is 0 Å². The molecule has 1 aliphatic carbocycles. The van der Waals surface area contributed by atoms with Crippen molar-refractivity contribution in [1.29, 1.82) is 0 Å². The van der Waals surface area contributed by atoms with Gasteiger partial charge in [-0.05, 0) is 44.4 Å². The van der Waals surface area contributed by atoms with Crippen LogP contribution in [0.3, 0.4) is 0 Å². The Morgan fingerprint density at radius 3 is 2.40 bits per heavy atom. The van der Waals surface area contributed by atoms with Crippen LogP contribution < -0.4 is 5.73 Å². The third-order valence-electron chi connectivity index (χ3n) is 4.56. The average Bonchev–Trinajstić information content (AvgIpc) is 2.58. The maximum absolute atomic E-state index is 6.02. The minimum absolute atomic E-state index is 0.467. The van der Waals surface area contributed by atoms with Crippen LogP contribution in [0, 0.1) is 11.8 Å². The molecule has 0 radical (unpaired) electrons. The molecule has 0 amide bonds. The fraction of sp³-hybridized carbons (Fsp3) is 1.00. The number of likely N-dealkylation sites (tertiary alicyclic amines) is 1. The van der Waals surface area contributed by atoms with Crippen LogP contribution in [0.5, 0.6) is 0 Å². The summed E-state index contributed by atoms with van der Waals surface area (Å²) in [6.07, 6.45) is 5.18. The van der Waals surface area contributed by atoms with Gasteiger partial charge in [0.25, 0.3) is 0 Å². The summed E-state index contributed by atoms with van der Waals surface area (Å²) in [5.74, 6) is 1.72. The van der Waals surface area contributed by atoms with Crippen molar-refractivity contribution in [3.63, 3.8) is 0 Å². The highest BCUT2D eigenvalue weighted by Gasteiger charge is 2.35. The zero-order valence-electron chi connectivity index (χ0n) is 10.4. The van der Waals surface area contributed by atoms with Gasteiger partial charge < -0.3 is 5.73 Å². The van der Waals surface area contributed by atoms with E-state index in [0.29, 0.717) is 6.04 Å². The molecule has 15 heavy (non-hydrogen) atoms. The highest BCUT2D eigenvalue weighted by atomic mass is 15.2. The van der Waals surface area contributed by atoms with E-state index in [1.807, 2.05) is 0 Å². The van der Waals surface area contributed by atoms with Crippen LogP contribution in [0.15, 0.2) is 0 Å². The van der Waals surface area contributed by atoms with Crippen LogP contribution in [-0.2, 0) is 0 Å². The summed E-state index contributed by atoms with van der Waals surface area (Å²) in [5, 5.41) is 0. The molecule has 1 aliphatic heterocycles. The third kappa shape index (κ3) is 2.36. The van der Waals surface area contributed by atoms with Crippen molar-refractivity contribution in [3.8, 4) is 0 Å². The van der Waals surface area contributed by atoms with Gasteiger partial charge in [0.1, 0.15) is 0 Å². The number of piperidine rings is 1. The van der Waals surface area contributed by atoms with E-state index in [1.54, 1.807) is 0 Å². The summed E-state index contributed by atoms with van der Waals surface area (Å²) >= 11 is 0. The van der Waals surface area contributed by atoms with Crippen LogP contribution in [0.4, 0.5) is 0 Å². The predicted octanol–water partition coefficient (Wildman–Crippen LogP) is 2.23. The third-order valence-corrected chi connectivity index (χ3v) is 4.56. The molecule has 1 heterocycles. The van der Waals surface area contributed by atoms with Crippen molar-refractivity contribution >= 4 is 0 Å². The average molecular weight is 210 g/mol. The first-order chi connectivity index (χ1) is 7.08. The molecule has 0 aromatic rings. The van der Waals surface area contributed by atoms with Crippen LogP contribution in [0.1, 0.15) is 46.5 Å². The Morgan fingerprint density at radius 1 is 1.07 bits per heavy atom. The predicted molar refractivity (Wildman–Crippen MR) is 64.7 cm³/mol. The topological polar surface area (TPSA) is 29.3 Å². The quantitative estimate of drug-likeness (QED) is 0.719. The first kappa shape index (κ1) is 11.4. The Balaban J connectivity index is 2.00. The summed E-state index contributed by atoms with van der Waals surface area (Å²) in [6, 6.07) is 2.01. The molecule has 2 aliphatic rings. The normalized spacial score (nSPS) is 48.4. The van der Waals surface area contributed by atoms with E-state index < -0.39 is 0 Å². The zero-order valence-corrected chi connectivity index (χ0v) is 10.4. The second-order valence-electron chi connectivity index (χ2n) is 5.98. The summed E-state index contributed by atoms with van der Waals surface area (Å²) in [7, 11) is 0. The van der Waals surface area contributed by atoms with Crippen LogP contribution in [0.2, 0.25) is 0 Å². The van der Waals surface area contributed by atoms with E-state index in [9.17, 15) is 0 Å².